The molecule has 110 valence electrons. The van der Waals surface area contributed by atoms with Crippen molar-refractivity contribution >= 4 is 19.0 Å². The minimum atomic E-state index is -1.41. The van der Waals surface area contributed by atoms with Gasteiger partial charge in [-0.05, 0) is 24.6 Å². The molecule has 0 aliphatic heterocycles. The van der Waals surface area contributed by atoms with Gasteiger partial charge in [-0.3, -0.25) is 4.79 Å². The maximum Gasteiger partial charge on any atom is 0.280 e. The largest absolute Gasteiger partial charge is 0.343 e. The van der Waals surface area contributed by atoms with Gasteiger partial charge in [0.05, 0.1) is 10.9 Å². The van der Waals surface area contributed by atoms with Gasteiger partial charge in [0.1, 0.15) is 13.9 Å². The Labute approximate surface area is 126 Å². The van der Waals surface area contributed by atoms with Gasteiger partial charge in [0.25, 0.3) is 5.56 Å². The monoisotopic (exact) mass is 298 g/mol. The normalized spacial score (nSPS) is 11.2. The Hall–Kier alpha value is -1.86. The summed E-state index contributed by atoms with van der Waals surface area (Å²) in [5.41, 5.74) is 4.89. The van der Waals surface area contributed by atoms with Crippen molar-refractivity contribution in [3.8, 4) is 11.5 Å². The van der Waals surface area contributed by atoms with Crippen molar-refractivity contribution in [3.63, 3.8) is 0 Å². The number of fused-ring (bicyclic) bond motifs is 1. The molecule has 2 aromatic rings. The summed E-state index contributed by atoms with van der Waals surface area (Å²) in [4.78, 5) is 19.5. The molecule has 3 nitrogen and oxygen atoms in total. The smallest absolute Gasteiger partial charge is 0.280 e. The maximum absolute atomic E-state index is 12.1. The zero-order valence-electron chi connectivity index (χ0n) is 13.2. The van der Waals surface area contributed by atoms with Gasteiger partial charge in [0.2, 0.25) is 0 Å². The summed E-state index contributed by atoms with van der Waals surface area (Å²) >= 11 is 0. The van der Waals surface area contributed by atoms with Crippen LogP contribution in [0.4, 0.5) is 0 Å². The first-order valence-corrected chi connectivity index (χ1v) is 11.0. The lowest BCUT2D eigenvalue weighted by Crippen LogP contribution is -2.16. The lowest BCUT2D eigenvalue weighted by Gasteiger charge is -2.05. The van der Waals surface area contributed by atoms with Crippen molar-refractivity contribution in [3.05, 3.63) is 39.9 Å². The highest BCUT2D eigenvalue weighted by Gasteiger charge is 2.08. The highest BCUT2D eigenvalue weighted by atomic mass is 28.3. The molecule has 0 saturated heterocycles. The average molecular weight is 298 g/mol. The Morgan fingerprint density at radius 2 is 2.05 bits per heavy atom. The van der Waals surface area contributed by atoms with Crippen LogP contribution in [0.2, 0.25) is 19.6 Å². The summed E-state index contributed by atoms with van der Waals surface area (Å²) < 4.78 is 0. The molecular weight excluding hydrogens is 276 g/mol. The third-order valence-corrected chi connectivity index (χ3v) is 3.99. The number of hydrogen-bond donors (Lipinski definition) is 1. The van der Waals surface area contributed by atoms with E-state index >= 15 is 0 Å². The van der Waals surface area contributed by atoms with Gasteiger partial charge < -0.3 is 4.98 Å². The van der Waals surface area contributed by atoms with E-state index in [2.05, 4.69) is 48.0 Å². The molecular formula is C17H22N2OSi. The van der Waals surface area contributed by atoms with Gasteiger partial charge in [-0.1, -0.05) is 38.9 Å². The first-order chi connectivity index (χ1) is 9.89. The predicted octanol–water partition coefficient (Wildman–Crippen LogP) is 3.49. The number of aryl methyl sites for hydroxylation is 1. The first kappa shape index (κ1) is 15.5. The van der Waals surface area contributed by atoms with Crippen LogP contribution in [0.5, 0.6) is 0 Å². The Morgan fingerprint density at radius 1 is 1.29 bits per heavy atom. The van der Waals surface area contributed by atoms with Crippen LogP contribution in [-0.4, -0.2) is 18.0 Å². The van der Waals surface area contributed by atoms with Crippen molar-refractivity contribution in [1.82, 2.24) is 9.97 Å². The van der Waals surface area contributed by atoms with Crippen molar-refractivity contribution in [2.24, 2.45) is 0 Å². The van der Waals surface area contributed by atoms with Gasteiger partial charge in [-0.25, -0.2) is 0 Å². The van der Waals surface area contributed by atoms with Crippen LogP contribution in [0.3, 0.4) is 0 Å². The predicted molar refractivity (Wildman–Crippen MR) is 91.2 cm³/mol. The third kappa shape index (κ3) is 4.30. The zero-order chi connectivity index (χ0) is 15.5. The molecule has 0 bridgehead atoms. The first-order valence-electron chi connectivity index (χ1n) is 7.45. The number of aromatic nitrogens is 2. The number of H-pyrrole nitrogens is 1. The average Bonchev–Trinajstić information content (AvgIpc) is 2.42. The molecule has 0 aliphatic rings. The molecule has 21 heavy (non-hydrogen) atoms. The Morgan fingerprint density at radius 3 is 2.71 bits per heavy atom. The number of aromatic amines is 1. The van der Waals surface area contributed by atoms with Crippen molar-refractivity contribution < 1.29 is 0 Å². The Bertz CT molecular complexity index is 760. The van der Waals surface area contributed by atoms with Gasteiger partial charge in [-0.15, -0.1) is 5.54 Å². The number of hydrogen-bond acceptors (Lipinski definition) is 2. The minimum Gasteiger partial charge on any atom is -0.343 e. The molecule has 0 radical (unpaired) electrons. The van der Waals surface area contributed by atoms with Gasteiger partial charge in [0, 0.05) is 12.0 Å². The maximum atomic E-state index is 12.1. The Kier molecular flexibility index (Phi) is 4.64. The second-order valence-electron chi connectivity index (χ2n) is 6.35. The van der Waals surface area contributed by atoms with E-state index in [9.17, 15) is 4.79 Å². The molecule has 2 rings (SSSR count). The molecule has 1 N–H and O–H groups in total. The molecule has 0 unspecified atom stereocenters. The summed E-state index contributed by atoms with van der Waals surface area (Å²) in [6.07, 6.45) is 2.94. The lowest BCUT2D eigenvalue weighted by atomic mass is 10.1. The lowest BCUT2D eigenvalue weighted by molar-refractivity contribution is 0.753. The molecule has 0 spiro atoms. The standard InChI is InChI=1S/C17H22N2OSi/c1-5-6-7-16-18-15-9-8-13(10-11-21(2,3)4)12-14(15)17(20)19-16/h8-9,12H,5-7H2,1-4H3,(H,18,19,20). The fourth-order valence-electron chi connectivity index (χ4n) is 2.00. The summed E-state index contributed by atoms with van der Waals surface area (Å²) in [5, 5.41) is 0.623. The van der Waals surface area contributed by atoms with E-state index in [0.29, 0.717) is 5.39 Å². The van der Waals surface area contributed by atoms with E-state index in [1.54, 1.807) is 0 Å². The molecule has 1 aromatic carbocycles. The van der Waals surface area contributed by atoms with Crippen LogP contribution in [0.15, 0.2) is 23.0 Å². The van der Waals surface area contributed by atoms with Crippen LogP contribution in [0.1, 0.15) is 31.2 Å². The fraction of sp³-hybridized carbons (Fsp3) is 0.412. The molecule has 4 heteroatoms. The Balaban J connectivity index is 2.42. The summed E-state index contributed by atoms with van der Waals surface area (Å²) in [6, 6.07) is 5.75. The van der Waals surface area contributed by atoms with E-state index in [4.69, 9.17) is 0 Å². The fourth-order valence-corrected chi connectivity index (χ4v) is 2.52. The van der Waals surface area contributed by atoms with Crippen LogP contribution < -0.4 is 5.56 Å². The van der Waals surface area contributed by atoms with E-state index in [-0.39, 0.29) is 5.56 Å². The molecule has 1 aromatic heterocycles. The van der Waals surface area contributed by atoms with E-state index in [1.165, 1.54) is 0 Å². The van der Waals surface area contributed by atoms with E-state index in [1.807, 2.05) is 18.2 Å². The molecule has 0 amide bonds. The molecule has 0 saturated carbocycles. The van der Waals surface area contributed by atoms with Gasteiger partial charge in [-0.2, -0.15) is 4.98 Å². The summed E-state index contributed by atoms with van der Waals surface area (Å²) in [6.45, 7) is 8.74. The van der Waals surface area contributed by atoms with Crippen LogP contribution in [0.25, 0.3) is 10.9 Å². The molecule has 0 fully saturated rings. The second-order valence-corrected chi connectivity index (χ2v) is 11.1. The van der Waals surface area contributed by atoms with Gasteiger partial charge >= 0.3 is 0 Å². The van der Waals surface area contributed by atoms with Crippen molar-refractivity contribution in [2.45, 2.75) is 45.8 Å². The highest BCUT2D eigenvalue weighted by Crippen LogP contribution is 2.11. The molecule has 0 atom stereocenters. The van der Waals surface area contributed by atoms with Gasteiger partial charge in [0.15, 0.2) is 0 Å². The topological polar surface area (TPSA) is 45.8 Å². The number of nitrogens with zero attached hydrogens (tertiary/aromatic N) is 1. The highest BCUT2D eigenvalue weighted by molar-refractivity contribution is 6.83. The summed E-state index contributed by atoms with van der Waals surface area (Å²) in [7, 11) is -1.41. The molecule has 1 heterocycles. The minimum absolute atomic E-state index is 0.161. The van der Waals surface area contributed by atoms with Crippen LogP contribution in [0, 0.1) is 11.5 Å². The second kappa shape index (κ2) is 6.27. The SMILES string of the molecule is CCCCc1nc(=O)c2cc(C#C[Si](C)(C)C)ccc2[nH]1. The van der Waals surface area contributed by atoms with Crippen molar-refractivity contribution in [2.75, 3.05) is 0 Å². The van der Waals surface area contributed by atoms with E-state index in [0.717, 1.165) is 36.2 Å². The van der Waals surface area contributed by atoms with Crippen LogP contribution in [-0.2, 0) is 6.42 Å². The third-order valence-electron chi connectivity index (χ3n) is 3.11. The number of benzene rings is 1. The van der Waals surface area contributed by atoms with E-state index < -0.39 is 8.07 Å². The number of rotatable bonds is 3. The van der Waals surface area contributed by atoms with Crippen molar-refractivity contribution in [1.29, 1.82) is 0 Å². The number of unbranched alkanes of at least 4 members (excludes halogenated alkanes) is 1. The molecule has 0 aliphatic carbocycles. The zero-order valence-corrected chi connectivity index (χ0v) is 14.2. The number of nitrogens with one attached hydrogen (secondary N) is 1. The summed E-state index contributed by atoms with van der Waals surface area (Å²) in [5.74, 6) is 3.96. The quantitative estimate of drug-likeness (QED) is 0.696. The van der Waals surface area contributed by atoms with Crippen LogP contribution >= 0.6 is 0 Å².